The van der Waals surface area contributed by atoms with E-state index >= 15 is 0 Å². The zero-order chi connectivity index (χ0) is 14.2. The van der Waals surface area contributed by atoms with Crippen LogP contribution in [0.2, 0.25) is 0 Å². The summed E-state index contributed by atoms with van der Waals surface area (Å²) in [6.07, 6.45) is 11.5. The minimum absolute atomic E-state index is 0.772. The molecule has 0 heterocycles. The molecule has 1 aliphatic carbocycles. The fourth-order valence-electron chi connectivity index (χ4n) is 3.32. The summed E-state index contributed by atoms with van der Waals surface area (Å²) in [6.45, 7) is 5.70. The number of allylic oxidation sites excluding steroid dienone is 1. The highest BCUT2D eigenvalue weighted by molar-refractivity contribution is 5.36. The van der Waals surface area contributed by atoms with Gasteiger partial charge in [0, 0.05) is 5.56 Å². The van der Waals surface area contributed by atoms with E-state index in [2.05, 4.69) is 42.7 Å². The highest BCUT2D eigenvalue weighted by atomic mass is 14.3. The Kier molecular flexibility index (Phi) is 5.93. The van der Waals surface area contributed by atoms with Crippen LogP contribution in [0.5, 0.6) is 0 Å². The average Bonchev–Trinajstić information content (AvgIpc) is 2.49. The Labute approximate surface area is 124 Å². The normalized spacial score (nSPS) is 21.9. The van der Waals surface area contributed by atoms with Gasteiger partial charge in [-0.3, -0.25) is 0 Å². The molecule has 1 saturated carbocycles. The minimum Gasteiger partial charge on any atom is -0.103 e. The van der Waals surface area contributed by atoms with Crippen molar-refractivity contribution in [1.82, 2.24) is 0 Å². The second-order valence-electron chi connectivity index (χ2n) is 5.93. The third-order valence-electron chi connectivity index (χ3n) is 4.52. The maximum atomic E-state index is 3.81. The topological polar surface area (TPSA) is 0 Å². The van der Waals surface area contributed by atoms with Crippen molar-refractivity contribution in [1.29, 1.82) is 0 Å². The molecule has 0 unspecified atom stereocenters. The van der Waals surface area contributed by atoms with Gasteiger partial charge in [-0.05, 0) is 75.0 Å². The predicted molar refractivity (Wildman–Crippen MR) is 87.7 cm³/mol. The van der Waals surface area contributed by atoms with Crippen LogP contribution in [0.25, 0.3) is 0 Å². The maximum Gasteiger partial charge on any atom is 0.0245 e. The molecule has 0 aromatic heterocycles. The van der Waals surface area contributed by atoms with Crippen LogP contribution in [0.15, 0.2) is 36.9 Å². The van der Waals surface area contributed by atoms with Gasteiger partial charge in [-0.25, -0.2) is 0 Å². The van der Waals surface area contributed by atoms with Gasteiger partial charge in [-0.15, -0.1) is 12.5 Å². The van der Waals surface area contributed by atoms with Crippen LogP contribution in [-0.2, 0) is 0 Å². The first kappa shape index (κ1) is 14.9. The highest BCUT2D eigenvalue weighted by Crippen LogP contribution is 2.37. The van der Waals surface area contributed by atoms with Gasteiger partial charge in [0.15, 0.2) is 0 Å². The molecule has 0 radical (unpaired) electrons. The molecule has 0 spiro atoms. The summed E-state index contributed by atoms with van der Waals surface area (Å²) in [4.78, 5) is 0. The molecule has 0 bridgehead atoms. The Hall–Kier alpha value is -1.48. The first-order chi connectivity index (χ1) is 9.83. The monoisotopic (exact) mass is 266 g/mol. The molecule has 106 valence electrons. The van der Waals surface area contributed by atoms with Crippen molar-refractivity contribution in [3.8, 4) is 11.8 Å². The second kappa shape index (κ2) is 7.95. The smallest absolute Gasteiger partial charge is 0.0245 e. The SMILES string of the molecule is C=CCCC[C@H]1CC[C@H](c2ccc(C#CC)cc2)CC1. The number of benzene rings is 1. The van der Waals surface area contributed by atoms with Gasteiger partial charge in [0.2, 0.25) is 0 Å². The summed E-state index contributed by atoms with van der Waals surface area (Å²) in [5, 5.41) is 0. The Morgan fingerprint density at radius 2 is 1.85 bits per heavy atom. The van der Waals surface area contributed by atoms with Gasteiger partial charge < -0.3 is 0 Å². The van der Waals surface area contributed by atoms with E-state index in [0.29, 0.717) is 0 Å². The van der Waals surface area contributed by atoms with Crippen LogP contribution in [-0.4, -0.2) is 0 Å². The zero-order valence-electron chi connectivity index (χ0n) is 12.7. The fourth-order valence-corrected chi connectivity index (χ4v) is 3.32. The standard InChI is InChI=1S/C20H26/c1-3-5-6-8-18-11-15-20(16-12-18)19-13-9-17(7-4-2)10-14-19/h3,9-10,13-14,18,20H,1,5-6,8,11-12,15-16H2,2H3/t18-,20-. The molecule has 1 aromatic carbocycles. The quantitative estimate of drug-likeness (QED) is 0.365. The highest BCUT2D eigenvalue weighted by Gasteiger charge is 2.21. The van der Waals surface area contributed by atoms with Crippen LogP contribution in [0.4, 0.5) is 0 Å². The van der Waals surface area contributed by atoms with E-state index in [1.807, 2.05) is 13.0 Å². The van der Waals surface area contributed by atoms with Gasteiger partial charge in [-0.2, -0.15) is 0 Å². The van der Waals surface area contributed by atoms with Crippen LogP contribution >= 0.6 is 0 Å². The molecule has 1 aromatic rings. The van der Waals surface area contributed by atoms with E-state index in [0.717, 1.165) is 17.4 Å². The lowest BCUT2D eigenvalue weighted by Crippen LogP contribution is -2.13. The maximum absolute atomic E-state index is 3.81. The average molecular weight is 266 g/mol. The Morgan fingerprint density at radius 1 is 1.15 bits per heavy atom. The van der Waals surface area contributed by atoms with Gasteiger partial charge >= 0.3 is 0 Å². The first-order valence-corrected chi connectivity index (χ1v) is 7.97. The Morgan fingerprint density at radius 3 is 2.45 bits per heavy atom. The van der Waals surface area contributed by atoms with Crippen LogP contribution in [0.1, 0.15) is 68.9 Å². The molecule has 1 aliphatic rings. The van der Waals surface area contributed by atoms with E-state index < -0.39 is 0 Å². The van der Waals surface area contributed by atoms with E-state index in [-0.39, 0.29) is 0 Å². The van der Waals surface area contributed by atoms with Crippen molar-refractivity contribution < 1.29 is 0 Å². The molecule has 0 amide bonds. The van der Waals surface area contributed by atoms with Crippen molar-refractivity contribution in [2.75, 3.05) is 0 Å². The Bertz CT molecular complexity index is 461. The molecule has 0 N–H and O–H groups in total. The van der Waals surface area contributed by atoms with E-state index in [9.17, 15) is 0 Å². The van der Waals surface area contributed by atoms with Gasteiger partial charge in [0.25, 0.3) is 0 Å². The van der Waals surface area contributed by atoms with Crippen LogP contribution in [0, 0.1) is 17.8 Å². The molecule has 0 saturated heterocycles. The molecular formula is C20H26. The van der Waals surface area contributed by atoms with Crippen molar-refractivity contribution in [3.05, 3.63) is 48.0 Å². The zero-order valence-corrected chi connectivity index (χ0v) is 12.7. The molecule has 20 heavy (non-hydrogen) atoms. The molecule has 0 aliphatic heterocycles. The number of hydrogen-bond donors (Lipinski definition) is 0. The summed E-state index contributed by atoms with van der Waals surface area (Å²) in [6, 6.07) is 8.90. The predicted octanol–water partition coefficient (Wildman–Crippen LogP) is 5.69. The number of hydrogen-bond acceptors (Lipinski definition) is 0. The summed E-state index contributed by atoms with van der Waals surface area (Å²) < 4.78 is 0. The summed E-state index contributed by atoms with van der Waals surface area (Å²) in [5.74, 6) is 7.80. The molecular weight excluding hydrogens is 240 g/mol. The number of rotatable bonds is 5. The van der Waals surface area contributed by atoms with Gasteiger partial charge in [0.05, 0.1) is 0 Å². The molecule has 0 nitrogen and oxygen atoms in total. The Balaban J connectivity index is 1.83. The third kappa shape index (κ3) is 4.27. The second-order valence-corrected chi connectivity index (χ2v) is 5.93. The van der Waals surface area contributed by atoms with E-state index in [1.165, 1.54) is 50.5 Å². The number of unbranched alkanes of at least 4 members (excludes halogenated alkanes) is 1. The summed E-state index contributed by atoms with van der Waals surface area (Å²) in [7, 11) is 0. The lowest BCUT2D eigenvalue weighted by Gasteiger charge is -2.28. The van der Waals surface area contributed by atoms with Crippen molar-refractivity contribution >= 4 is 0 Å². The molecule has 0 atom stereocenters. The van der Waals surface area contributed by atoms with Crippen molar-refractivity contribution in [2.24, 2.45) is 5.92 Å². The van der Waals surface area contributed by atoms with Crippen molar-refractivity contribution in [2.45, 2.75) is 57.8 Å². The summed E-state index contributed by atoms with van der Waals surface area (Å²) >= 11 is 0. The molecule has 2 rings (SSSR count). The van der Waals surface area contributed by atoms with E-state index in [4.69, 9.17) is 0 Å². The van der Waals surface area contributed by atoms with Crippen molar-refractivity contribution in [3.63, 3.8) is 0 Å². The lowest BCUT2D eigenvalue weighted by atomic mass is 9.77. The largest absolute Gasteiger partial charge is 0.103 e. The van der Waals surface area contributed by atoms with Crippen LogP contribution < -0.4 is 0 Å². The van der Waals surface area contributed by atoms with E-state index in [1.54, 1.807) is 0 Å². The molecule has 1 fully saturated rings. The minimum atomic E-state index is 0.772. The fraction of sp³-hybridized carbons (Fsp3) is 0.500. The summed E-state index contributed by atoms with van der Waals surface area (Å²) in [5.41, 5.74) is 2.64. The first-order valence-electron chi connectivity index (χ1n) is 7.97. The van der Waals surface area contributed by atoms with Gasteiger partial charge in [-0.1, -0.05) is 30.6 Å². The third-order valence-corrected chi connectivity index (χ3v) is 4.52. The molecule has 0 heteroatoms. The lowest BCUT2D eigenvalue weighted by molar-refractivity contribution is 0.305. The van der Waals surface area contributed by atoms with Gasteiger partial charge in [0.1, 0.15) is 0 Å². The van der Waals surface area contributed by atoms with Crippen LogP contribution in [0.3, 0.4) is 0 Å².